The molecule has 0 bridgehead atoms. The van der Waals surface area contributed by atoms with E-state index in [-0.39, 0.29) is 19.3 Å². The number of nitrogens with one attached hydrogen (secondary N) is 1. The molecule has 154 valence electrons. The van der Waals surface area contributed by atoms with Crippen LogP contribution in [0.25, 0.3) is 0 Å². The molecule has 0 aromatic heterocycles. The Morgan fingerprint density at radius 3 is 2.55 bits per heavy atom. The minimum atomic E-state index is -0.568. The van der Waals surface area contributed by atoms with Gasteiger partial charge in [-0.2, -0.15) is 0 Å². The normalized spacial score (nSPS) is 14.9. The Labute approximate surface area is 169 Å². The van der Waals surface area contributed by atoms with E-state index in [0.717, 1.165) is 0 Å². The second kappa shape index (κ2) is 9.82. The van der Waals surface area contributed by atoms with Crippen molar-refractivity contribution in [2.24, 2.45) is 5.92 Å². The van der Waals surface area contributed by atoms with E-state index >= 15 is 0 Å². The molecule has 1 aliphatic rings. The van der Waals surface area contributed by atoms with Gasteiger partial charge in [-0.15, -0.1) is 0 Å². The SMILES string of the molecule is CC(C)COc1ccc(C(=O)OCC(=O)NC[C@@H]2COc3ccccc3O2)cc1. The summed E-state index contributed by atoms with van der Waals surface area (Å²) in [6.45, 7) is 4.95. The molecule has 0 saturated carbocycles. The summed E-state index contributed by atoms with van der Waals surface area (Å²) >= 11 is 0. The van der Waals surface area contributed by atoms with Gasteiger partial charge in [0, 0.05) is 0 Å². The van der Waals surface area contributed by atoms with Crippen LogP contribution in [0.2, 0.25) is 0 Å². The van der Waals surface area contributed by atoms with Crippen LogP contribution in [0.3, 0.4) is 0 Å². The first-order chi connectivity index (χ1) is 14.0. The summed E-state index contributed by atoms with van der Waals surface area (Å²) in [5.41, 5.74) is 0.357. The van der Waals surface area contributed by atoms with Gasteiger partial charge in [0.15, 0.2) is 18.1 Å². The number of hydrogen-bond acceptors (Lipinski definition) is 6. The lowest BCUT2D eigenvalue weighted by Gasteiger charge is -2.26. The molecule has 1 aliphatic heterocycles. The van der Waals surface area contributed by atoms with E-state index in [2.05, 4.69) is 19.2 Å². The molecule has 1 heterocycles. The zero-order valence-electron chi connectivity index (χ0n) is 16.6. The minimum absolute atomic E-state index is 0.257. The lowest BCUT2D eigenvalue weighted by atomic mass is 10.2. The third-order valence-electron chi connectivity index (χ3n) is 4.10. The van der Waals surface area contributed by atoms with Gasteiger partial charge in [-0.1, -0.05) is 26.0 Å². The molecule has 7 heteroatoms. The number of hydrogen-bond donors (Lipinski definition) is 1. The van der Waals surface area contributed by atoms with Crippen molar-refractivity contribution in [1.29, 1.82) is 0 Å². The zero-order valence-corrected chi connectivity index (χ0v) is 16.6. The number of carbonyl (C=O) groups excluding carboxylic acids is 2. The van der Waals surface area contributed by atoms with E-state index < -0.39 is 11.9 Å². The smallest absolute Gasteiger partial charge is 0.338 e. The topological polar surface area (TPSA) is 83.1 Å². The van der Waals surface area contributed by atoms with Crippen molar-refractivity contribution in [2.75, 3.05) is 26.4 Å². The number of benzene rings is 2. The first kappa shape index (κ1) is 20.5. The second-order valence-electron chi connectivity index (χ2n) is 7.11. The molecular weight excluding hydrogens is 374 g/mol. The average Bonchev–Trinajstić information content (AvgIpc) is 2.74. The molecule has 0 radical (unpaired) electrons. The number of para-hydroxylation sites is 2. The van der Waals surface area contributed by atoms with Gasteiger partial charge in [0.1, 0.15) is 18.5 Å². The second-order valence-corrected chi connectivity index (χ2v) is 7.11. The Kier molecular flexibility index (Phi) is 6.94. The Hall–Kier alpha value is -3.22. The van der Waals surface area contributed by atoms with Gasteiger partial charge >= 0.3 is 5.97 Å². The molecule has 3 rings (SSSR count). The number of ether oxygens (including phenoxy) is 4. The highest BCUT2D eigenvalue weighted by atomic mass is 16.6. The van der Waals surface area contributed by atoms with Crippen LogP contribution in [0.4, 0.5) is 0 Å². The highest BCUT2D eigenvalue weighted by Crippen LogP contribution is 2.30. The number of esters is 1. The van der Waals surface area contributed by atoms with Crippen LogP contribution in [0.1, 0.15) is 24.2 Å². The summed E-state index contributed by atoms with van der Waals surface area (Å²) < 4.78 is 22.0. The quantitative estimate of drug-likeness (QED) is 0.688. The fourth-order valence-electron chi connectivity index (χ4n) is 2.61. The Morgan fingerprint density at radius 2 is 1.83 bits per heavy atom. The highest BCUT2D eigenvalue weighted by molar-refractivity contribution is 5.91. The predicted molar refractivity (Wildman–Crippen MR) is 106 cm³/mol. The number of amides is 1. The maximum atomic E-state index is 12.1. The third-order valence-corrected chi connectivity index (χ3v) is 4.10. The maximum absolute atomic E-state index is 12.1. The Balaban J connectivity index is 1.38. The molecule has 1 atom stereocenters. The van der Waals surface area contributed by atoms with Gasteiger partial charge in [-0.25, -0.2) is 4.79 Å². The van der Waals surface area contributed by atoms with Gasteiger partial charge in [0.2, 0.25) is 0 Å². The molecule has 7 nitrogen and oxygen atoms in total. The monoisotopic (exact) mass is 399 g/mol. The van der Waals surface area contributed by atoms with E-state index in [1.54, 1.807) is 24.3 Å². The van der Waals surface area contributed by atoms with E-state index in [0.29, 0.717) is 41.9 Å². The summed E-state index contributed by atoms with van der Waals surface area (Å²) in [7, 11) is 0. The van der Waals surface area contributed by atoms with Crippen molar-refractivity contribution < 1.29 is 28.5 Å². The largest absolute Gasteiger partial charge is 0.493 e. The standard InChI is InChI=1S/C22H25NO6/c1-15(2)12-26-17-9-7-16(8-10-17)22(25)28-14-21(24)23-11-18-13-27-19-5-3-4-6-20(19)29-18/h3-10,15,18H,11-14H2,1-2H3,(H,23,24)/t18-/m1/s1. The third kappa shape index (κ3) is 6.14. The first-order valence-electron chi connectivity index (χ1n) is 9.56. The molecule has 2 aromatic carbocycles. The van der Waals surface area contributed by atoms with Gasteiger partial charge in [0.25, 0.3) is 5.91 Å². The van der Waals surface area contributed by atoms with Crippen LogP contribution in [0.5, 0.6) is 17.2 Å². The van der Waals surface area contributed by atoms with E-state index in [4.69, 9.17) is 18.9 Å². The van der Waals surface area contributed by atoms with Crippen LogP contribution in [-0.4, -0.2) is 44.3 Å². The average molecular weight is 399 g/mol. The summed E-state index contributed by atoms with van der Waals surface area (Å²) in [4.78, 5) is 24.0. The van der Waals surface area contributed by atoms with Crippen molar-refractivity contribution in [3.63, 3.8) is 0 Å². The molecule has 1 N–H and O–H groups in total. The van der Waals surface area contributed by atoms with Crippen molar-refractivity contribution >= 4 is 11.9 Å². The highest BCUT2D eigenvalue weighted by Gasteiger charge is 2.21. The van der Waals surface area contributed by atoms with Gasteiger partial charge < -0.3 is 24.3 Å². The van der Waals surface area contributed by atoms with Crippen LogP contribution >= 0.6 is 0 Å². The van der Waals surface area contributed by atoms with Crippen molar-refractivity contribution in [1.82, 2.24) is 5.32 Å². The number of fused-ring (bicyclic) bond motifs is 1. The van der Waals surface area contributed by atoms with Crippen LogP contribution in [0, 0.1) is 5.92 Å². The summed E-state index contributed by atoms with van der Waals surface area (Å²) in [5, 5.41) is 2.69. The number of carbonyl (C=O) groups is 2. The predicted octanol–water partition coefficient (Wildman–Crippen LogP) is 2.83. The van der Waals surface area contributed by atoms with Gasteiger partial charge in [0.05, 0.1) is 18.7 Å². The molecule has 0 unspecified atom stereocenters. The summed E-state index contributed by atoms with van der Waals surface area (Å²) in [5.74, 6) is 1.46. The molecular formula is C22H25NO6. The van der Waals surface area contributed by atoms with Gasteiger partial charge in [-0.3, -0.25) is 4.79 Å². The fourth-order valence-corrected chi connectivity index (χ4v) is 2.61. The van der Waals surface area contributed by atoms with Gasteiger partial charge in [-0.05, 0) is 42.3 Å². The lowest BCUT2D eigenvalue weighted by molar-refractivity contribution is -0.124. The molecule has 1 amide bonds. The summed E-state index contributed by atoms with van der Waals surface area (Å²) in [6.07, 6.45) is -0.303. The molecule has 29 heavy (non-hydrogen) atoms. The van der Waals surface area contributed by atoms with Crippen LogP contribution in [0.15, 0.2) is 48.5 Å². The van der Waals surface area contributed by atoms with E-state index in [1.807, 2.05) is 24.3 Å². The molecule has 0 aliphatic carbocycles. The number of rotatable bonds is 8. The van der Waals surface area contributed by atoms with Crippen molar-refractivity contribution in [3.05, 3.63) is 54.1 Å². The Morgan fingerprint density at radius 1 is 1.10 bits per heavy atom. The van der Waals surface area contributed by atoms with E-state index in [9.17, 15) is 9.59 Å². The summed E-state index contributed by atoms with van der Waals surface area (Å²) in [6, 6.07) is 14.0. The van der Waals surface area contributed by atoms with Crippen molar-refractivity contribution in [3.8, 4) is 17.2 Å². The molecule has 2 aromatic rings. The molecule has 0 spiro atoms. The lowest BCUT2D eigenvalue weighted by Crippen LogP contribution is -2.42. The Bertz CT molecular complexity index is 833. The van der Waals surface area contributed by atoms with Crippen LogP contribution in [-0.2, 0) is 9.53 Å². The molecule has 0 fully saturated rings. The van der Waals surface area contributed by atoms with Crippen LogP contribution < -0.4 is 19.5 Å². The minimum Gasteiger partial charge on any atom is -0.493 e. The zero-order chi connectivity index (χ0) is 20.6. The van der Waals surface area contributed by atoms with Crippen molar-refractivity contribution in [2.45, 2.75) is 20.0 Å². The molecule has 0 saturated heterocycles. The maximum Gasteiger partial charge on any atom is 0.338 e. The fraction of sp³-hybridized carbons (Fsp3) is 0.364. The van der Waals surface area contributed by atoms with E-state index in [1.165, 1.54) is 0 Å². The first-order valence-corrected chi connectivity index (χ1v) is 9.56.